The molecule has 0 bridgehead atoms. The fraction of sp³-hybridized carbons (Fsp3) is 0.432. The van der Waals surface area contributed by atoms with Crippen LogP contribution in [-0.4, -0.2) is 43.8 Å². The van der Waals surface area contributed by atoms with Gasteiger partial charge in [0.05, 0.1) is 25.4 Å². The molecule has 0 amide bonds. The smallest absolute Gasteiger partial charge is 0.343 e. The summed E-state index contributed by atoms with van der Waals surface area (Å²) in [7, 11) is 0. The zero-order chi connectivity index (χ0) is 36.8. The average molecular weight is 711 g/mol. The molecule has 1 aliphatic rings. The highest BCUT2D eigenvalue weighted by atomic mass is 16.6. The van der Waals surface area contributed by atoms with Gasteiger partial charge in [-0.15, -0.1) is 0 Å². The summed E-state index contributed by atoms with van der Waals surface area (Å²) in [4.78, 5) is 35.2. The highest BCUT2D eigenvalue weighted by Gasteiger charge is 2.26. The van der Waals surface area contributed by atoms with Crippen LogP contribution in [0.2, 0.25) is 0 Å². The molecule has 0 aromatic heterocycles. The predicted molar refractivity (Wildman–Crippen MR) is 204 cm³/mol. The van der Waals surface area contributed by atoms with Gasteiger partial charge in [0.1, 0.15) is 23.4 Å². The second-order valence-corrected chi connectivity index (χ2v) is 13.3. The maximum atomic E-state index is 12.7. The molecule has 3 aromatic rings. The molecular weight excluding hydrogens is 656 g/mol. The monoisotopic (exact) mass is 710 g/mol. The van der Waals surface area contributed by atoms with E-state index in [4.69, 9.17) is 23.7 Å². The summed E-state index contributed by atoms with van der Waals surface area (Å²) in [6.07, 6.45) is 17.0. The molecule has 3 aromatic carbocycles. The predicted octanol–water partition coefficient (Wildman–Crippen LogP) is 10.4. The molecule has 0 aliphatic carbocycles. The SMILES string of the molecule is C=CC(=O)OCCCCCCCCOc1ccc(-c2ccc(OC(=O)c3ccc(OCCCCCCCCCC4CC(=C)C(=O)O4)cc3)cc2)cc1. The third kappa shape index (κ3) is 14.8. The minimum absolute atomic E-state index is 0.0338. The number of unbranched alkanes of at least 4 members (excludes halogenated alkanes) is 11. The average Bonchev–Trinajstić information content (AvgIpc) is 3.49. The van der Waals surface area contributed by atoms with E-state index < -0.39 is 5.97 Å². The van der Waals surface area contributed by atoms with Gasteiger partial charge in [0, 0.05) is 18.1 Å². The number of hydrogen-bond acceptors (Lipinski definition) is 8. The lowest BCUT2D eigenvalue weighted by Gasteiger charge is -2.09. The van der Waals surface area contributed by atoms with Gasteiger partial charge in [0.2, 0.25) is 0 Å². The van der Waals surface area contributed by atoms with Gasteiger partial charge in [-0.3, -0.25) is 0 Å². The van der Waals surface area contributed by atoms with Gasteiger partial charge < -0.3 is 23.7 Å². The van der Waals surface area contributed by atoms with E-state index in [9.17, 15) is 14.4 Å². The van der Waals surface area contributed by atoms with Crippen molar-refractivity contribution in [2.75, 3.05) is 19.8 Å². The molecule has 1 aliphatic heterocycles. The number of ether oxygens (including phenoxy) is 5. The summed E-state index contributed by atoms with van der Waals surface area (Å²) in [6.45, 7) is 8.91. The Labute approximate surface area is 309 Å². The molecule has 278 valence electrons. The zero-order valence-corrected chi connectivity index (χ0v) is 30.5. The van der Waals surface area contributed by atoms with Crippen LogP contribution in [0.3, 0.4) is 0 Å². The quantitative estimate of drug-likeness (QED) is 0.0371. The molecule has 1 heterocycles. The molecule has 1 atom stereocenters. The molecule has 52 heavy (non-hydrogen) atoms. The van der Waals surface area contributed by atoms with Gasteiger partial charge >= 0.3 is 17.9 Å². The van der Waals surface area contributed by atoms with E-state index in [-0.39, 0.29) is 18.0 Å². The van der Waals surface area contributed by atoms with Gasteiger partial charge in [-0.25, -0.2) is 14.4 Å². The molecule has 0 spiro atoms. The summed E-state index contributed by atoms with van der Waals surface area (Å²) in [5.74, 6) is 1.06. The number of cyclic esters (lactones) is 1. The molecule has 1 fully saturated rings. The van der Waals surface area contributed by atoms with E-state index in [1.165, 1.54) is 25.3 Å². The maximum Gasteiger partial charge on any atom is 0.343 e. The van der Waals surface area contributed by atoms with Crippen LogP contribution in [0.5, 0.6) is 17.2 Å². The van der Waals surface area contributed by atoms with Crippen molar-refractivity contribution in [3.8, 4) is 28.4 Å². The first kappa shape index (κ1) is 39.9. The van der Waals surface area contributed by atoms with Crippen molar-refractivity contribution >= 4 is 17.9 Å². The van der Waals surface area contributed by atoms with Gasteiger partial charge in [0.15, 0.2) is 0 Å². The highest BCUT2D eigenvalue weighted by Crippen LogP contribution is 2.26. The lowest BCUT2D eigenvalue weighted by atomic mass is 10.0. The fourth-order valence-corrected chi connectivity index (χ4v) is 5.99. The van der Waals surface area contributed by atoms with Crippen LogP contribution < -0.4 is 14.2 Å². The van der Waals surface area contributed by atoms with Crippen molar-refractivity contribution in [3.63, 3.8) is 0 Å². The summed E-state index contributed by atoms with van der Waals surface area (Å²) < 4.78 is 27.7. The van der Waals surface area contributed by atoms with Crippen molar-refractivity contribution < 1.29 is 38.1 Å². The highest BCUT2D eigenvalue weighted by molar-refractivity contribution is 5.91. The Hall–Kier alpha value is -4.85. The lowest BCUT2D eigenvalue weighted by Crippen LogP contribution is -2.08. The molecule has 4 rings (SSSR count). The largest absolute Gasteiger partial charge is 0.494 e. The summed E-state index contributed by atoms with van der Waals surface area (Å²) in [6, 6.07) is 22.6. The van der Waals surface area contributed by atoms with Crippen molar-refractivity contribution in [1.29, 1.82) is 0 Å². The summed E-state index contributed by atoms with van der Waals surface area (Å²) >= 11 is 0. The van der Waals surface area contributed by atoms with E-state index in [1.807, 2.05) is 36.4 Å². The standard InChI is InChI=1S/C44H54O8/c1-3-42(45)50-32-16-12-8-7-11-15-30-48-38-24-18-35(19-25-38)36-20-28-40(29-21-36)51-44(47)37-22-26-39(27-23-37)49-31-14-10-6-4-5-9-13-17-41-33-34(2)43(46)52-41/h3,18-29,41H,1-2,4-17,30-33H2. The number of rotatable bonds is 25. The number of esters is 3. The van der Waals surface area contributed by atoms with Gasteiger partial charge in [-0.1, -0.05) is 95.2 Å². The van der Waals surface area contributed by atoms with Gasteiger partial charge in [-0.05, 0) is 91.8 Å². The second kappa shape index (κ2) is 22.9. The van der Waals surface area contributed by atoms with E-state index in [0.29, 0.717) is 43.1 Å². The van der Waals surface area contributed by atoms with E-state index in [2.05, 4.69) is 13.2 Å². The first-order valence-electron chi connectivity index (χ1n) is 18.9. The first-order valence-corrected chi connectivity index (χ1v) is 18.9. The van der Waals surface area contributed by atoms with Crippen molar-refractivity contribution in [2.45, 2.75) is 102 Å². The Morgan fingerprint density at radius 3 is 1.60 bits per heavy atom. The molecule has 8 nitrogen and oxygen atoms in total. The van der Waals surface area contributed by atoms with Crippen LogP contribution in [0, 0.1) is 0 Å². The van der Waals surface area contributed by atoms with Gasteiger partial charge in [0.25, 0.3) is 0 Å². The first-order chi connectivity index (χ1) is 25.4. The molecule has 1 saturated heterocycles. The Morgan fingerprint density at radius 2 is 1.10 bits per heavy atom. The van der Waals surface area contributed by atoms with Crippen LogP contribution in [0.15, 0.2) is 97.6 Å². The fourth-order valence-electron chi connectivity index (χ4n) is 5.99. The number of carbonyl (C=O) groups is 3. The Bertz CT molecular complexity index is 1530. The Morgan fingerprint density at radius 1 is 0.635 bits per heavy atom. The minimum Gasteiger partial charge on any atom is -0.494 e. The molecule has 0 N–H and O–H groups in total. The zero-order valence-electron chi connectivity index (χ0n) is 30.5. The Balaban J connectivity index is 1.03. The van der Waals surface area contributed by atoms with Crippen LogP contribution in [0.4, 0.5) is 0 Å². The van der Waals surface area contributed by atoms with Crippen molar-refractivity contribution in [1.82, 2.24) is 0 Å². The van der Waals surface area contributed by atoms with E-state index in [0.717, 1.165) is 93.3 Å². The van der Waals surface area contributed by atoms with Crippen LogP contribution in [0.1, 0.15) is 107 Å². The normalized spacial score (nSPS) is 13.7. The molecule has 0 radical (unpaired) electrons. The lowest BCUT2D eigenvalue weighted by molar-refractivity contribution is -0.139. The third-order valence-corrected chi connectivity index (χ3v) is 9.04. The Kier molecular flexibility index (Phi) is 17.6. The minimum atomic E-state index is -0.415. The number of hydrogen-bond donors (Lipinski definition) is 0. The van der Waals surface area contributed by atoms with Crippen molar-refractivity contribution in [2.24, 2.45) is 0 Å². The molecule has 8 heteroatoms. The topological polar surface area (TPSA) is 97.4 Å². The van der Waals surface area contributed by atoms with Crippen LogP contribution >= 0.6 is 0 Å². The van der Waals surface area contributed by atoms with E-state index >= 15 is 0 Å². The van der Waals surface area contributed by atoms with Crippen LogP contribution in [-0.2, 0) is 19.1 Å². The molecule has 0 saturated carbocycles. The molecule has 1 unspecified atom stereocenters. The summed E-state index contributed by atoms with van der Waals surface area (Å²) in [5.41, 5.74) is 3.13. The van der Waals surface area contributed by atoms with Crippen molar-refractivity contribution in [3.05, 3.63) is 103 Å². The third-order valence-electron chi connectivity index (χ3n) is 9.04. The van der Waals surface area contributed by atoms with E-state index in [1.54, 1.807) is 36.4 Å². The van der Waals surface area contributed by atoms with Crippen LogP contribution in [0.25, 0.3) is 11.1 Å². The number of benzene rings is 3. The second-order valence-electron chi connectivity index (χ2n) is 13.3. The number of carbonyl (C=O) groups excluding carboxylic acids is 3. The van der Waals surface area contributed by atoms with Gasteiger partial charge in [-0.2, -0.15) is 0 Å². The maximum absolute atomic E-state index is 12.7. The molecular formula is C44H54O8. The summed E-state index contributed by atoms with van der Waals surface area (Å²) in [5, 5.41) is 0.